The number of nitrogens with zero attached hydrogens (tertiary/aromatic N) is 3. The van der Waals surface area contributed by atoms with Crippen LogP contribution in [0.15, 0.2) is 36.5 Å². The molecule has 180 valence electrons. The molecule has 2 heterocycles. The SMILES string of the molecule is O=CC1CCC(n2cc3cc(NC(=O)c4cccc(C(F)(F)F)n4)c(OC(F)F)cc3n2)CC1. The molecule has 0 aliphatic heterocycles. The number of aromatic nitrogens is 3. The van der Waals surface area contributed by atoms with Gasteiger partial charge in [0, 0.05) is 23.6 Å². The molecule has 4 rings (SSSR count). The fourth-order valence-corrected chi connectivity index (χ4v) is 3.96. The zero-order valence-corrected chi connectivity index (χ0v) is 17.6. The van der Waals surface area contributed by atoms with Gasteiger partial charge in [-0.25, -0.2) is 4.98 Å². The van der Waals surface area contributed by atoms with E-state index in [1.165, 1.54) is 12.1 Å². The van der Waals surface area contributed by atoms with Crippen molar-refractivity contribution in [3.05, 3.63) is 47.9 Å². The Bertz CT molecular complexity index is 1200. The number of alkyl halides is 5. The summed E-state index contributed by atoms with van der Waals surface area (Å²) in [4.78, 5) is 26.8. The third-order valence-corrected chi connectivity index (χ3v) is 5.67. The predicted molar refractivity (Wildman–Crippen MR) is 111 cm³/mol. The monoisotopic (exact) mass is 482 g/mol. The van der Waals surface area contributed by atoms with Crippen molar-refractivity contribution in [2.45, 2.75) is 44.5 Å². The molecule has 0 radical (unpaired) electrons. The lowest BCUT2D eigenvalue weighted by Gasteiger charge is -2.25. The Morgan fingerprint density at radius 2 is 1.91 bits per heavy atom. The van der Waals surface area contributed by atoms with E-state index in [1.807, 2.05) is 0 Å². The van der Waals surface area contributed by atoms with E-state index in [0.29, 0.717) is 17.0 Å². The number of carbonyl (C=O) groups is 2. The van der Waals surface area contributed by atoms with Crippen LogP contribution < -0.4 is 10.1 Å². The van der Waals surface area contributed by atoms with Crippen LogP contribution >= 0.6 is 0 Å². The largest absolute Gasteiger partial charge is 0.433 e. The summed E-state index contributed by atoms with van der Waals surface area (Å²) in [6, 6.07) is 5.42. The number of rotatable bonds is 6. The van der Waals surface area contributed by atoms with Gasteiger partial charge in [0.05, 0.1) is 17.2 Å². The second kappa shape index (κ2) is 9.35. The summed E-state index contributed by atoms with van der Waals surface area (Å²) < 4.78 is 70.9. The summed E-state index contributed by atoms with van der Waals surface area (Å²) in [5.41, 5.74) is -1.63. The summed E-state index contributed by atoms with van der Waals surface area (Å²) in [7, 11) is 0. The van der Waals surface area contributed by atoms with Crippen molar-refractivity contribution in [1.29, 1.82) is 0 Å². The van der Waals surface area contributed by atoms with Gasteiger partial charge in [0.1, 0.15) is 17.7 Å². The summed E-state index contributed by atoms with van der Waals surface area (Å²) in [5, 5.41) is 7.23. The number of ether oxygens (including phenoxy) is 1. The number of halogens is 5. The number of fused-ring (bicyclic) bond motifs is 1. The van der Waals surface area contributed by atoms with Crippen molar-refractivity contribution in [1.82, 2.24) is 14.8 Å². The standard InChI is InChI=1S/C22H19F5N4O3/c23-21(24)34-18-9-16-13(10-31(30-16)14-6-4-12(11-32)5-7-14)8-17(18)29-20(33)15-2-1-3-19(28-15)22(25,26)27/h1-3,8-12,14,21H,4-7H2,(H,29,33). The highest BCUT2D eigenvalue weighted by Gasteiger charge is 2.33. The molecular formula is C22H19F5N4O3. The first-order valence-electron chi connectivity index (χ1n) is 10.4. The number of anilines is 1. The number of benzene rings is 1. The van der Waals surface area contributed by atoms with Crippen molar-refractivity contribution in [2.24, 2.45) is 5.92 Å². The van der Waals surface area contributed by atoms with Crippen molar-refractivity contribution in [3.63, 3.8) is 0 Å². The third-order valence-electron chi connectivity index (χ3n) is 5.67. The first kappa shape index (κ1) is 23.6. The molecule has 2 aromatic heterocycles. The Hall–Kier alpha value is -3.57. The predicted octanol–water partition coefficient (Wildman–Crippen LogP) is 5.23. The first-order chi connectivity index (χ1) is 16.1. The summed E-state index contributed by atoms with van der Waals surface area (Å²) >= 11 is 0. The molecular weight excluding hydrogens is 463 g/mol. The molecule has 12 heteroatoms. The van der Waals surface area contributed by atoms with Crippen molar-refractivity contribution in [2.75, 3.05) is 5.32 Å². The van der Waals surface area contributed by atoms with Crippen LogP contribution in [0.4, 0.5) is 27.6 Å². The van der Waals surface area contributed by atoms with Gasteiger partial charge in [-0.3, -0.25) is 9.48 Å². The van der Waals surface area contributed by atoms with Gasteiger partial charge in [-0.15, -0.1) is 0 Å². The quantitative estimate of drug-likeness (QED) is 0.384. The first-order valence-corrected chi connectivity index (χ1v) is 10.4. The lowest BCUT2D eigenvalue weighted by Crippen LogP contribution is -2.19. The molecule has 7 nitrogen and oxygen atoms in total. The van der Waals surface area contributed by atoms with Crippen LogP contribution in [-0.4, -0.2) is 33.6 Å². The number of hydrogen-bond donors (Lipinski definition) is 1. The average Bonchev–Trinajstić information content (AvgIpc) is 3.21. The minimum atomic E-state index is -4.75. The molecule has 1 N–H and O–H groups in total. The van der Waals surface area contributed by atoms with Crippen molar-refractivity contribution < 1.29 is 36.3 Å². The fourth-order valence-electron chi connectivity index (χ4n) is 3.96. The van der Waals surface area contributed by atoms with Crippen LogP contribution in [0.2, 0.25) is 0 Å². The number of aldehydes is 1. The maximum Gasteiger partial charge on any atom is 0.433 e. The number of pyridine rings is 1. The Labute approximate surface area is 189 Å². The minimum absolute atomic E-state index is 0.0125. The molecule has 3 aromatic rings. The van der Waals surface area contributed by atoms with Crippen LogP contribution in [0.1, 0.15) is 47.9 Å². The highest BCUT2D eigenvalue weighted by molar-refractivity contribution is 6.05. The Balaban J connectivity index is 1.63. The second-order valence-corrected chi connectivity index (χ2v) is 7.96. The van der Waals surface area contributed by atoms with Crippen LogP contribution in [0.5, 0.6) is 5.75 Å². The number of nitrogens with one attached hydrogen (secondary N) is 1. The Morgan fingerprint density at radius 1 is 1.18 bits per heavy atom. The zero-order chi connectivity index (χ0) is 24.5. The Kier molecular flexibility index (Phi) is 6.49. The van der Waals surface area contributed by atoms with Crippen molar-refractivity contribution in [3.8, 4) is 5.75 Å². The molecule has 1 aliphatic rings. The lowest BCUT2D eigenvalue weighted by molar-refractivity contribution is -0.141. The van der Waals surface area contributed by atoms with Crippen LogP contribution in [0, 0.1) is 5.92 Å². The molecule has 1 aromatic carbocycles. The summed E-state index contributed by atoms with van der Waals surface area (Å²) in [6.07, 6.45) is 0.762. The van der Waals surface area contributed by atoms with Gasteiger partial charge in [0.2, 0.25) is 0 Å². The van der Waals surface area contributed by atoms with Gasteiger partial charge in [0.15, 0.2) is 5.75 Å². The average molecular weight is 482 g/mol. The van der Waals surface area contributed by atoms with E-state index < -0.39 is 35.8 Å². The Morgan fingerprint density at radius 3 is 2.56 bits per heavy atom. The van der Waals surface area contributed by atoms with Crippen molar-refractivity contribution >= 4 is 28.8 Å². The molecule has 1 amide bonds. The molecule has 0 saturated heterocycles. The normalized spacial score (nSPS) is 18.8. The smallest absolute Gasteiger partial charge is 0.433 e. The lowest BCUT2D eigenvalue weighted by atomic mass is 9.87. The molecule has 1 aliphatic carbocycles. The molecule has 0 unspecified atom stereocenters. The zero-order valence-electron chi connectivity index (χ0n) is 17.6. The van der Waals surface area contributed by atoms with Gasteiger partial charge in [0.25, 0.3) is 5.91 Å². The summed E-state index contributed by atoms with van der Waals surface area (Å²) in [6.45, 7) is -3.21. The number of carbonyl (C=O) groups excluding carboxylic acids is 2. The fraction of sp³-hybridized carbons (Fsp3) is 0.364. The second-order valence-electron chi connectivity index (χ2n) is 7.96. The van der Waals surface area contributed by atoms with E-state index in [1.54, 1.807) is 10.9 Å². The van der Waals surface area contributed by atoms with Gasteiger partial charge in [-0.1, -0.05) is 6.07 Å². The molecule has 1 saturated carbocycles. The molecule has 34 heavy (non-hydrogen) atoms. The number of amides is 1. The summed E-state index contributed by atoms with van der Waals surface area (Å²) in [5.74, 6) is -1.40. The van der Waals surface area contributed by atoms with Gasteiger partial charge in [-0.2, -0.15) is 27.1 Å². The van der Waals surface area contributed by atoms with Gasteiger partial charge >= 0.3 is 12.8 Å². The highest BCUT2D eigenvalue weighted by atomic mass is 19.4. The van der Waals surface area contributed by atoms with E-state index >= 15 is 0 Å². The maximum atomic E-state index is 13.0. The maximum absolute atomic E-state index is 13.0. The molecule has 0 atom stereocenters. The third kappa shape index (κ3) is 5.15. The topological polar surface area (TPSA) is 86.1 Å². The van der Waals surface area contributed by atoms with E-state index in [-0.39, 0.29) is 17.6 Å². The molecule has 0 spiro atoms. The molecule has 1 fully saturated rings. The van der Waals surface area contributed by atoms with Gasteiger partial charge in [-0.05, 0) is 43.9 Å². The van der Waals surface area contributed by atoms with Crippen LogP contribution in [0.25, 0.3) is 10.9 Å². The van der Waals surface area contributed by atoms with E-state index in [2.05, 4.69) is 20.1 Å². The highest BCUT2D eigenvalue weighted by Crippen LogP contribution is 2.35. The van der Waals surface area contributed by atoms with Gasteiger partial charge < -0.3 is 14.8 Å². The number of hydrogen-bond acceptors (Lipinski definition) is 5. The molecule has 0 bridgehead atoms. The van der Waals surface area contributed by atoms with E-state index in [0.717, 1.165) is 44.1 Å². The van der Waals surface area contributed by atoms with E-state index in [4.69, 9.17) is 0 Å². The minimum Gasteiger partial charge on any atom is -0.433 e. The van der Waals surface area contributed by atoms with E-state index in [9.17, 15) is 31.5 Å². The van der Waals surface area contributed by atoms with Crippen LogP contribution in [0.3, 0.4) is 0 Å². The van der Waals surface area contributed by atoms with Crippen LogP contribution in [-0.2, 0) is 11.0 Å².